The average Bonchev–Trinajstić information content (AvgIpc) is 3.89. The second kappa shape index (κ2) is 15.1. The van der Waals surface area contributed by atoms with Gasteiger partial charge in [0.05, 0.1) is 5.41 Å². The first kappa shape index (κ1) is 38.5. The number of fused-ring (bicyclic) bond motifs is 16. The van der Waals surface area contributed by atoms with E-state index in [0.29, 0.717) is 0 Å². The zero-order chi connectivity index (χ0) is 44.8. The van der Waals surface area contributed by atoms with Crippen LogP contribution < -0.4 is 4.90 Å². The molecule has 12 aromatic carbocycles. The maximum Gasteiger partial charge on any atom is 0.0725 e. The molecule has 0 amide bonds. The molecular formula is C67H43N. The van der Waals surface area contributed by atoms with Crippen molar-refractivity contribution in [3.63, 3.8) is 0 Å². The smallest absolute Gasteiger partial charge is 0.0725 e. The molecule has 0 heterocycles. The maximum atomic E-state index is 2.43. The summed E-state index contributed by atoms with van der Waals surface area (Å²) in [6, 6.07) is 96.7. The normalized spacial score (nSPS) is 12.8. The van der Waals surface area contributed by atoms with E-state index in [0.717, 1.165) is 17.1 Å². The van der Waals surface area contributed by atoms with Gasteiger partial charge in [0.15, 0.2) is 0 Å². The van der Waals surface area contributed by atoms with Crippen LogP contribution in [0.4, 0.5) is 17.1 Å². The fourth-order valence-corrected chi connectivity index (χ4v) is 11.9. The van der Waals surface area contributed by atoms with Crippen LogP contribution in [0.1, 0.15) is 22.3 Å². The molecule has 1 spiro atoms. The summed E-state index contributed by atoms with van der Waals surface area (Å²) in [5.41, 5.74) is 20.9. The molecule has 0 saturated heterocycles. The van der Waals surface area contributed by atoms with Gasteiger partial charge in [-0.05, 0) is 153 Å². The molecule has 0 radical (unpaired) electrons. The average molecular weight is 862 g/mol. The molecule has 0 saturated carbocycles. The highest BCUT2D eigenvalue weighted by Crippen LogP contribution is 2.63. The number of hydrogen-bond acceptors (Lipinski definition) is 1. The third-order valence-electron chi connectivity index (χ3n) is 14.9. The second-order valence-electron chi connectivity index (χ2n) is 18.3. The van der Waals surface area contributed by atoms with Gasteiger partial charge in [-0.2, -0.15) is 0 Å². The molecule has 316 valence electrons. The Morgan fingerprint density at radius 1 is 0.206 bits per heavy atom. The predicted molar refractivity (Wildman–Crippen MR) is 286 cm³/mol. The number of benzene rings is 12. The SMILES string of the molecule is c1ccc(-c2ccc(-c3ccc(N(c4ccc(-c5ccc6c(c5)-c5ccccc5C65c6ccccc6-c6ccccc65)cc4)c4ccc5c6ccccc6c6ccccc6c5c4)cc3)cc2)cc1. The van der Waals surface area contributed by atoms with Crippen molar-refractivity contribution in [3.05, 3.63) is 283 Å². The van der Waals surface area contributed by atoms with Crippen molar-refractivity contribution in [2.75, 3.05) is 4.90 Å². The first-order valence-corrected chi connectivity index (χ1v) is 23.7. The van der Waals surface area contributed by atoms with Crippen LogP contribution in [0.2, 0.25) is 0 Å². The van der Waals surface area contributed by atoms with Gasteiger partial charge in [0.25, 0.3) is 0 Å². The van der Waals surface area contributed by atoms with Gasteiger partial charge in [0, 0.05) is 17.1 Å². The van der Waals surface area contributed by atoms with Gasteiger partial charge in [0.1, 0.15) is 0 Å². The highest BCUT2D eigenvalue weighted by atomic mass is 15.1. The summed E-state index contributed by atoms with van der Waals surface area (Å²) in [6.45, 7) is 0. The standard InChI is InChI=1S/C67H43N/c1-2-14-44(15-3-1)45-26-28-46(29-27-45)47-30-35-50(36-31-47)68(52-39-40-57-55-18-5-4-16-53(55)54-17-6-7-19-56(54)61(57)43-52)51-37-32-48(33-38-51)49-34-41-66-62(42-49)60-22-10-13-25-65(60)67(66)63-23-11-8-20-58(63)59-21-9-12-24-64(59)67/h1-43H. The van der Waals surface area contributed by atoms with E-state index in [1.54, 1.807) is 0 Å². The molecule has 0 aliphatic heterocycles. The number of nitrogens with zero attached hydrogens (tertiary/aromatic N) is 1. The first-order chi connectivity index (χ1) is 33.7. The summed E-state index contributed by atoms with van der Waals surface area (Å²) in [7, 11) is 0. The van der Waals surface area contributed by atoms with Crippen LogP contribution in [0.25, 0.3) is 88.0 Å². The Morgan fingerprint density at radius 2 is 0.544 bits per heavy atom. The Labute approximate surface area is 396 Å². The molecule has 1 nitrogen and oxygen atoms in total. The van der Waals surface area contributed by atoms with Gasteiger partial charge >= 0.3 is 0 Å². The lowest BCUT2D eigenvalue weighted by atomic mass is 9.70. The molecule has 0 fully saturated rings. The maximum absolute atomic E-state index is 2.43. The summed E-state index contributed by atoms with van der Waals surface area (Å²) in [5, 5.41) is 7.60. The van der Waals surface area contributed by atoms with E-state index in [9.17, 15) is 0 Å². The molecule has 0 N–H and O–H groups in total. The Morgan fingerprint density at radius 3 is 1.06 bits per heavy atom. The van der Waals surface area contributed by atoms with Gasteiger partial charge < -0.3 is 4.90 Å². The van der Waals surface area contributed by atoms with Crippen LogP contribution in [-0.4, -0.2) is 0 Å². The lowest BCUT2D eigenvalue weighted by Crippen LogP contribution is -2.25. The van der Waals surface area contributed by atoms with Gasteiger partial charge in [-0.15, -0.1) is 0 Å². The van der Waals surface area contributed by atoms with Crippen LogP contribution in [0.3, 0.4) is 0 Å². The predicted octanol–water partition coefficient (Wildman–Crippen LogP) is 18.0. The van der Waals surface area contributed by atoms with Crippen LogP contribution in [0, 0.1) is 0 Å². The van der Waals surface area contributed by atoms with E-state index in [1.807, 2.05) is 0 Å². The summed E-state index contributed by atoms with van der Waals surface area (Å²) < 4.78 is 0. The topological polar surface area (TPSA) is 3.24 Å². The zero-order valence-corrected chi connectivity index (χ0v) is 37.3. The van der Waals surface area contributed by atoms with Gasteiger partial charge in [-0.25, -0.2) is 0 Å². The first-order valence-electron chi connectivity index (χ1n) is 23.7. The molecule has 1 heteroatoms. The molecule has 2 aliphatic rings. The van der Waals surface area contributed by atoms with Crippen molar-refractivity contribution in [2.45, 2.75) is 5.41 Å². The van der Waals surface area contributed by atoms with Crippen molar-refractivity contribution in [1.29, 1.82) is 0 Å². The van der Waals surface area contributed by atoms with Crippen LogP contribution in [0.15, 0.2) is 261 Å². The monoisotopic (exact) mass is 861 g/mol. The van der Waals surface area contributed by atoms with Gasteiger partial charge in [0.2, 0.25) is 0 Å². The number of hydrogen-bond donors (Lipinski definition) is 0. The molecule has 2 aliphatic carbocycles. The minimum Gasteiger partial charge on any atom is -0.310 e. The van der Waals surface area contributed by atoms with Crippen molar-refractivity contribution in [3.8, 4) is 55.6 Å². The third-order valence-corrected chi connectivity index (χ3v) is 14.9. The fourth-order valence-electron chi connectivity index (χ4n) is 11.9. The Hall–Kier alpha value is -8.78. The summed E-state index contributed by atoms with van der Waals surface area (Å²) >= 11 is 0. The Kier molecular flexibility index (Phi) is 8.57. The molecule has 0 atom stereocenters. The molecule has 14 rings (SSSR count). The van der Waals surface area contributed by atoms with Crippen LogP contribution >= 0.6 is 0 Å². The van der Waals surface area contributed by atoms with Gasteiger partial charge in [-0.3, -0.25) is 0 Å². The second-order valence-corrected chi connectivity index (χ2v) is 18.3. The summed E-state index contributed by atoms with van der Waals surface area (Å²) in [5.74, 6) is 0. The number of anilines is 3. The third kappa shape index (κ3) is 5.69. The highest BCUT2D eigenvalue weighted by Gasteiger charge is 2.51. The highest BCUT2D eigenvalue weighted by molar-refractivity contribution is 6.25. The number of rotatable bonds is 6. The molecule has 0 bridgehead atoms. The zero-order valence-electron chi connectivity index (χ0n) is 37.3. The van der Waals surface area contributed by atoms with Crippen LogP contribution in [-0.2, 0) is 5.41 Å². The van der Waals surface area contributed by atoms with E-state index in [1.165, 1.54) is 110 Å². The molecule has 12 aromatic rings. The molecule has 0 unspecified atom stereocenters. The lowest BCUT2D eigenvalue weighted by molar-refractivity contribution is 0.794. The van der Waals surface area contributed by atoms with Crippen molar-refractivity contribution >= 4 is 49.4 Å². The van der Waals surface area contributed by atoms with Crippen LogP contribution in [0.5, 0.6) is 0 Å². The summed E-state index contributed by atoms with van der Waals surface area (Å²) in [4.78, 5) is 2.41. The van der Waals surface area contributed by atoms with E-state index in [2.05, 4.69) is 266 Å². The summed E-state index contributed by atoms with van der Waals surface area (Å²) in [6.07, 6.45) is 0. The van der Waals surface area contributed by atoms with E-state index < -0.39 is 0 Å². The minimum atomic E-state index is -0.347. The largest absolute Gasteiger partial charge is 0.310 e. The fraction of sp³-hybridized carbons (Fsp3) is 0.0149. The van der Waals surface area contributed by atoms with Crippen molar-refractivity contribution < 1.29 is 0 Å². The lowest BCUT2D eigenvalue weighted by Gasteiger charge is -2.30. The minimum absolute atomic E-state index is 0.347. The molecule has 68 heavy (non-hydrogen) atoms. The van der Waals surface area contributed by atoms with E-state index in [-0.39, 0.29) is 5.41 Å². The Balaban J connectivity index is 0.881. The Bertz CT molecular complexity index is 3860. The van der Waals surface area contributed by atoms with Crippen molar-refractivity contribution in [2.24, 2.45) is 0 Å². The van der Waals surface area contributed by atoms with E-state index in [4.69, 9.17) is 0 Å². The molecule has 0 aromatic heterocycles. The van der Waals surface area contributed by atoms with E-state index >= 15 is 0 Å². The van der Waals surface area contributed by atoms with Crippen molar-refractivity contribution in [1.82, 2.24) is 0 Å². The quantitative estimate of drug-likeness (QED) is 0.151. The molecular weight excluding hydrogens is 819 g/mol. The van der Waals surface area contributed by atoms with Gasteiger partial charge in [-0.1, -0.05) is 218 Å².